The maximum Gasteiger partial charge on any atom is 0.289 e. The molecule has 2 N–H and O–H groups in total. The van der Waals surface area contributed by atoms with Gasteiger partial charge in [-0.15, -0.1) is 24.0 Å². The van der Waals surface area contributed by atoms with Gasteiger partial charge in [-0.2, -0.15) is 0 Å². The third-order valence-corrected chi connectivity index (χ3v) is 4.15. The first kappa shape index (κ1) is 24.7. The van der Waals surface area contributed by atoms with Crippen LogP contribution >= 0.6 is 24.0 Å². The Labute approximate surface area is 184 Å². The van der Waals surface area contributed by atoms with Crippen molar-refractivity contribution in [2.75, 3.05) is 52.5 Å². The molecule has 1 aliphatic heterocycles. The number of guanidine groups is 1. The van der Waals surface area contributed by atoms with Crippen LogP contribution in [0.2, 0.25) is 0 Å². The van der Waals surface area contributed by atoms with Crippen molar-refractivity contribution in [1.82, 2.24) is 15.1 Å². The van der Waals surface area contributed by atoms with Gasteiger partial charge in [0.15, 0.2) is 11.7 Å². The molecule has 0 spiro atoms. The van der Waals surface area contributed by atoms with Gasteiger partial charge in [-0.25, -0.2) is 0 Å². The molecular formula is C19H33IN4O4. The van der Waals surface area contributed by atoms with Crippen LogP contribution in [-0.4, -0.2) is 85.4 Å². The molecule has 1 aromatic heterocycles. The molecular weight excluding hydrogens is 475 g/mol. The van der Waals surface area contributed by atoms with Crippen molar-refractivity contribution in [3.05, 3.63) is 24.2 Å². The summed E-state index contributed by atoms with van der Waals surface area (Å²) in [5.74, 6) is 1.48. The Balaban J connectivity index is 0.00000392. The summed E-state index contributed by atoms with van der Waals surface area (Å²) in [6, 6.07) is 3.40. The quantitative estimate of drug-likeness (QED) is 0.316. The van der Waals surface area contributed by atoms with E-state index in [1.54, 1.807) is 17.0 Å². The Morgan fingerprint density at radius 2 is 1.96 bits per heavy atom. The summed E-state index contributed by atoms with van der Waals surface area (Å²) in [6.07, 6.45) is 0.884. The number of piperazine rings is 1. The number of ether oxygens (including phenoxy) is 1. The minimum Gasteiger partial charge on any atom is -0.459 e. The SMILES string of the molecule is CCNC(=NCC(O)COCC(C)C)N1CCN(C(=O)c2ccco2)CC1.I. The summed E-state index contributed by atoms with van der Waals surface area (Å²) in [4.78, 5) is 20.8. The fourth-order valence-corrected chi connectivity index (χ4v) is 2.79. The number of aliphatic imine (C=N–C) groups is 1. The molecule has 1 aliphatic rings. The van der Waals surface area contributed by atoms with E-state index in [0.29, 0.717) is 44.5 Å². The Kier molecular flexibility index (Phi) is 11.5. The van der Waals surface area contributed by atoms with Crippen molar-refractivity contribution >= 4 is 35.8 Å². The Hall–Kier alpha value is -1.33. The molecule has 1 amide bonds. The van der Waals surface area contributed by atoms with E-state index in [2.05, 4.69) is 29.1 Å². The Bertz CT molecular complexity index is 587. The molecule has 8 nitrogen and oxygen atoms in total. The van der Waals surface area contributed by atoms with Crippen LogP contribution < -0.4 is 5.32 Å². The van der Waals surface area contributed by atoms with Gasteiger partial charge in [-0.1, -0.05) is 13.8 Å². The number of halogens is 1. The average molecular weight is 508 g/mol. The van der Waals surface area contributed by atoms with Crippen molar-refractivity contribution in [2.45, 2.75) is 26.9 Å². The van der Waals surface area contributed by atoms with Gasteiger partial charge in [0.2, 0.25) is 0 Å². The highest BCUT2D eigenvalue weighted by Crippen LogP contribution is 2.09. The summed E-state index contributed by atoms with van der Waals surface area (Å²) in [7, 11) is 0. The fraction of sp³-hybridized carbons (Fsp3) is 0.684. The van der Waals surface area contributed by atoms with Gasteiger partial charge < -0.3 is 29.4 Å². The first-order valence-electron chi connectivity index (χ1n) is 9.63. The lowest BCUT2D eigenvalue weighted by Crippen LogP contribution is -2.54. The predicted octanol–water partition coefficient (Wildman–Crippen LogP) is 1.65. The largest absolute Gasteiger partial charge is 0.459 e. The molecule has 0 bridgehead atoms. The predicted molar refractivity (Wildman–Crippen MR) is 119 cm³/mol. The van der Waals surface area contributed by atoms with Gasteiger partial charge in [0.25, 0.3) is 5.91 Å². The molecule has 1 fully saturated rings. The number of amides is 1. The van der Waals surface area contributed by atoms with E-state index in [4.69, 9.17) is 9.15 Å². The number of hydrogen-bond donors (Lipinski definition) is 2. The smallest absolute Gasteiger partial charge is 0.289 e. The van der Waals surface area contributed by atoms with E-state index in [9.17, 15) is 9.90 Å². The van der Waals surface area contributed by atoms with E-state index in [0.717, 1.165) is 12.5 Å². The van der Waals surface area contributed by atoms with Crippen LogP contribution in [-0.2, 0) is 4.74 Å². The number of aliphatic hydroxyl groups excluding tert-OH is 1. The molecule has 1 unspecified atom stereocenters. The topological polar surface area (TPSA) is 90.5 Å². The van der Waals surface area contributed by atoms with E-state index in [1.165, 1.54) is 6.26 Å². The summed E-state index contributed by atoms with van der Waals surface area (Å²) in [6.45, 7) is 10.7. The molecule has 1 aromatic rings. The van der Waals surface area contributed by atoms with Crippen LogP contribution in [0.4, 0.5) is 0 Å². The first-order valence-corrected chi connectivity index (χ1v) is 9.63. The summed E-state index contributed by atoms with van der Waals surface area (Å²) in [5.41, 5.74) is 0. The van der Waals surface area contributed by atoms with Crippen LogP contribution in [0.5, 0.6) is 0 Å². The minimum absolute atomic E-state index is 0. The zero-order valence-corrected chi connectivity index (χ0v) is 19.3. The number of furan rings is 1. The highest BCUT2D eigenvalue weighted by molar-refractivity contribution is 14.0. The highest BCUT2D eigenvalue weighted by Gasteiger charge is 2.25. The van der Waals surface area contributed by atoms with E-state index < -0.39 is 6.10 Å². The molecule has 2 rings (SSSR count). The zero-order chi connectivity index (χ0) is 19.6. The molecule has 0 aliphatic carbocycles. The van der Waals surface area contributed by atoms with Crippen LogP contribution in [0.3, 0.4) is 0 Å². The van der Waals surface area contributed by atoms with Gasteiger partial charge in [-0.05, 0) is 25.0 Å². The molecule has 0 radical (unpaired) electrons. The van der Waals surface area contributed by atoms with Crippen LogP contribution in [0.25, 0.3) is 0 Å². The fourth-order valence-electron chi connectivity index (χ4n) is 2.79. The lowest BCUT2D eigenvalue weighted by Gasteiger charge is -2.36. The third-order valence-electron chi connectivity index (χ3n) is 4.15. The number of nitrogens with zero attached hydrogens (tertiary/aromatic N) is 3. The van der Waals surface area contributed by atoms with Crippen molar-refractivity contribution in [3.8, 4) is 0 Å². The second-order valence-corrected chi connectivity index (χ2v) is 7.04. The molecule has 0 aromatic carbocycles. The lowest BCUT2D eigenvalue weighted by molar-refractivity contribution is 0.0300. The molecule has 9 heteroatoms. The third kappa shape index (κ3) is 7.96. The minimum atomic E-state index is -0.626. The first-order chi connectivity index (χ1) is 13.0. The van der Waals surface area contributed by atoms with Crippen molar-refractivity contribution in [1.29, 1.82) is 0 Å². The van der Waals surface area contributed by atoms with E-state index >= 15 is 0 Å². The normalized spacial score (nSPS) is 16.1. The molecule has 2 heterocycles. The average Bonchev–Trinajstić information content (AvgIpc) is 3.19. The zero-order valence-electron chi connectivity index (χ0n) is 17.0. The maximum atomic E-state index is 12.3. The molecule has 160 valence electrons. The molecule has 28 heavy (non-hydrogen) atoms. The maximum absolute atomic E-state index is 12.3. The number of nitrogens with one attached hydrogen (secondary N) is 1. The van der Waals surface area contributed by atoms with Crippen molar-refractivity contribution < 1.29 is 19.1 Å². The molecule has 1 saturated heterocycles. The van der Waals surface area contributed by atoms with Crippen molar-refractivity contribution in [2.24, 2.45) is 10.9 Å². The van der Waals surface area contributed by atoms with Gasteiger partial charge >= 0.3 is 0 Å². The number of carbonyl (C=O) groups is 1. The van der Waals surface area contributed by atoms with Gasteiger partial charge in [0.05, 0.1) is 25.5 Å². The Morgan fingerprint density at radius 3 is 2.54 bits per heavy atom. The Morgan fingerprint density at radius 1 is 1.29 bits per heavy atom. The van der Waals surface area contributed by atoms with Crippen molar-refractivity contribution in [3.63, 3.8) is 0 Å². The summed E-state index contributed by atoms with van der Waals surface area (Å²) >= 11 is 0. The van der Waals surface area contributed by atoms with Crippen LogP contribution in [0.1, 0.15) is 31.3 Å². The van der Waals surface area contributed by atoms with Gasteiger partial charge in [-0.3, -0.25) is 9.79 Å². The van der Waals surface area contributed by atoms with Crippen LogP contribution in [0.15, 0.2) is 27.8 Å². The van der Waals surface area contributed by atoms with Gasteiger partial charge in [0, 0.05) is 39.3 Å². The summed E-state index contributed by atoms with van der Waals surface area (Å²) in [5, 5.41) is 13.3. The van der Waals surface area contributed by atoms with Gasteiger partial charge in [0.1, 0.15) is 0 Å². The molecule has 1 atom stereocenters. The number of aliphatic hydroxyl groups is 1. The highest BCUT2D eigenvalue weighted by atomic mass is 127. The summed E-state index contributed by atoms with van der Waals surface area (Å²) < 4.78 is 10.7. The lowest BCUT2D eigenvalue weighted by atomic mass is 10.2. The second-order valence-electron chi connectivity index (χ2n) is 7.04. The number of carbonyl (C=O) groups excluding carboxylic acids is 1. The van der Waals surface area contributed by atoms with E-state index in [-0.39, 0.29) is 43.0 Å². The van der Waals surface area contributed by atoms with Crippen LogP contribution in [0, 0.1) is 5.92 Å². The second kappa shape index (κ2) is 13.0. The molecule has 0 saturated carbocycles. The number of rotatable bonds is 8. The standard InChI is InChI=1S/C19H32N4O4.HI/c1-4-20-19(21-12-16(24)14-26-13-15(2)3)23-9-7-22(8-10-23)18(25)17-6-5-11-27-17;/h5-6,11,15-16,24H,4,7-10,12-14H2,1-3H3,(H,20,21);1H. The monoisotopic (exact) mass is 508 g/mol. The van der Waals surface area contributed by atoms with E-state index in [1.807, 2.05) is 6.92 Å². The number of hydrogen-bond acceptors (Lipinski definition) is 5.